The highest BCUT2D eigenvalue weighted by Crippen LogP contribution is 2.16. The standard InChI is InChI=1S/C11H8BrFN2O/c1-6-9(12)11(16)15-10(14-6)7-2-4-8(13)5-3-7/h2-5H,1H3,(H,14,15,16). The second kappa shape index (κ2) is 4.17. The van der Waals surface area contributed by atoms with Gasteiger partial charge in [-0.15, -0.1) is 0 Å². The van der Waals surface area contributed by atoms with E-state index in [1.807, 2.05) is 0 Å². The molecule has 82 valence electrons. The van der Waals surface area contributed by atoms with Crippen LogP contribution in [0.4, 0.5) is 4.39 Å². The van der Waals surface area contributed by atoms with Crippen LogP contribution in [-0.4, -0.2) is 9.97 Å². The minimum Gasteiger partial charge on any atom is -0.306 e. The average Bonchev–Trinajstić information content (AvgIpc) is 2.26. The summed E-state index contributed by atoms with van der Waals surface area (Å²) in [6.07, 6.45) is 0. The summed E-state index contributed by atoms with van der Waals surface area (Å²) in [5.41, 5.74) is 1.03. The van der Waals surface area contributed by atoms with Gasteiger partial charge in [-0.1, -0.05) is 0 Å². The number of aromatic amines is 1. The van der Waals surface area contributed by atoms with Crippen LogP contribution in [0.1, 0.15) is 5.69 Å². The van der Waals surface area contributed by atoms with E-state index >= 15 is 0 Å². The molecule has 0 saturated carbocycles. The minimum atomic E-state index is -0.320. The van der Waals surface area contributed by atoms with Crippen molar-refractivity contribution >= 4 is 15.9 Å². The highest BCUT2D eigenvalue weighted by molar-refractivity contribution is 9.10. The molecule has 0 unspecified atom stereocenters. The van der Waals surface area contributed by atoms with Crippen LogP contribution in [-0.2, 0) is 0 Å². The Hall–Kier alpha value is -1.49. The molecule has 0 aliphatic heterocycles. The lowest BCUT2D eigenvalue weighted by Gasteiger charge is -2.03. The molecule has 16 heavy (non-hydrogen) atoms. The summed E-state index contributed by atoms with van der Waals surface area (Å²) < 4.78 is 13.1. The van der Waals surface area contributed by atoms with Gasteiger partial charge >= 0.3 is 0 Å². The lowest BCUT2D eigenvalue weighted by Crippen LogP contribution is -2.11. The van der Waals surface area contributed by atoms with Crippen molar-refractivity contribution in [2.45, 2.75) is 6.92 Å². The Bertz CT molecular complexity index is 578. The largest absolute Gasteiger partial charge is 0.306 e. The first-order chi connectivity index (χ1) is 7.58. The summed E-state index contributed by atoms with van der Waals surface area (Å²) in [6, 6.07) is 5.79. The third-order valence-electron chi connectivity index (χ3n) is 2.15. The van der Waals surface area contributed by atoms with E-state index in [2.05, 4.69) is 25.9 Å². The van der Waals surface area contributed by atoms with E-state index in [1.54, 1.807) is 19.1 Å². The highest BCUT2D eigenvalue weighted by Gasteiger charge is 2.06. The smallest absolute Gasteiger partial charge is 0.265 e. The van der Waals surface area contributed by atoms with E-state index in [0.717, 1.165) is 0 Å². The van der Waals surface area contributed by atoms with Crippen LogP contribution < -0.4 is 5.56 Å². The van der Waals surface area contributed by atoms with Gasteiger partial charge in [0.2, 0.25) is 0 Å². The van der Waals surface area contributed by atoms with Crippen molar-refractivity contribution in [3.05, 3.63) is 50.6 Å². The maximum atomic E-state index is 12.7. The lowest BCUT2D eigenvalue weighted by molar-refractivity contribution is 0.628. The van der Waals surface area contributed by atoms with Crippen molar-refractivity contribution in [1.82, 2.24) is 9.97 Å². The number of halogens is 2. The Kier molecular flexibility index (Phi) is 2.87. The van der Waals surface area contributed by atoms with E-state index in [4.69, 9.17) is 0 Å². The fourth-order valence-electron chi connectivity index (χ4n) is 1.32. The van der Waals surface area contributed by atoms with Gasteiger partial charge in [-0.3, -0.25) is 4.79 Å². The van der Waals surface area contributed by atoms with Crippen molar-refractivity contribution in [2.75, 3.05) is 0 Å². The maximum absolute atomic E-state index is 12.7. The van der Waals surface area contributed by atoms with Crippen LogP contribution in [0.2, 0.25) is 0 Å². The fourth-order valence-corrected chi connectivity index (χ4v) is 1.50. The summed E-state index contributed by atoms with van der Waals surface area (Å²) >= 11 is 3.13. The zero-order valence-electron chi connectivity index (χ0n) is 8.42. The van der Waals surface area contributed by atoms with Crippen LogP contribution in [0.15, 0.2) is 33.5 Å². The molecular formula is C11H8BrFN2O. The number of nitrogens with one attached hydrogen (secondary N) is 1. The number of H-pyrrole nitrogens is 1. The van der Waals surface area contributed by atoms with E-state index in [-0.39, 0.29) is 11.4 Å². The van der Waals surface area contributed by atoms with Gasteiger partial charge in [-0.25, -0.2) is 9.37 Å². The molecule has 0 spiro atoms. The molecule has 0 fully saturated rings. The summed E-state index contributed by atoms with van der Waals surface area (Å²) in [4.78, 5) is 18.3. The molecule has 0 atom stereocenters. The number of aromatic nitrogens is 2. The topological polar surface area (TPSA) is 45.8 Å². The third-order valence-corrected chi connectivity index (χ3v) is 3.08. The van der Waals surface area contributed by atoms with Gasteiger partial charge in [-0.05, 0) is 47.1 Å². The second-order valence-corrected chi connectivity index (χ2v) is 4.11. The van der Waals surface area contributed by atoms with E-state index in [0.29, 0.717) is 21.6 Å². The monoisotopic (exact) mass is 282 g/mol. The number of hydrogen-bond donors (Lipinski definition) is 1. The number of hydrogen-bond acceptors (Lipinski definition) is 2. The van der Waals surface area contributed by atoms with E-state index in [1.165, 1.54) is 12.1 Å². The summed E-state index contributed by atoms with van der Waals surface area (Å²) in [5, 5.41) is 0. The molecule has 1 heterocycles. The predicted molar refractivity (Wildman–Crippen MR) is 62.7 cm³/mol. The van der Waals surface area contributed by atoms with Gasteiger partial charge in [0.1, 0.15) is 16.1 Å². The molecule has 0 aliphatic carbocycles. The van der Waals surface area contributed by atoms with Gasteiger partial charge in [0.25, 0.3) is 5.56 Å². The van der Waals surface area contributed by atoms with Gasteiger partial charge < -0.3 is 4.98 Å². The van der Waals surface area contributed by atoms with Gasteiger partial charge in [0, 0.05) is 5.56 Å². The number of benzene rings is 1. The molecule has 0 bridgehead atoms. The molecule has 1 aromatic carbocycles. The molecule has 0 radical (unpaired) electrons. The van der Waals surface area contributed by atoms with Gasteiger partial charge in [0.15, 0.2) is 0 Å². The van der Waals surface area contributed by atoms with Crippen LogP contribution in [0.5, 0.6) is 0 Å². The maximum Gasteiger partial charge on any atom is 0.265 e. The third kappa shape index (κ3) is 2.04. The van der Waals surface area contributed by atoms with E-state index < -0.39 is 0 Å². The van der Waals surface area contributed by atoms with E-state index in [9.17, 15) is 9.18 Å². The molecule has 3 nitrogen and oxygen atoms in total. The van der Waals surface area contributed by atoms with Crippen LogP contribution >= 0.6 is 15.9 Å². The van der Waals surface area contributed by atoms with Crippen LogP contribution in [0.25, 0.3) is 11.4 Å². The molecule has 5 heteroatoms. The molecule has 0 saturated heterocycles. The molecular weight excluding hydrogens is 275 g/mol. The summed E-state index contributed by atoms with van der Waals surface area (Å²) in [6.45, 7) is 1.73. The van der Waals surface area contributed by atoms with Crippen LogP contribution in [0, 0.1) is 12.7 Å². The molecule has 1 aromatic heterocycles. The molecule has 2 rings (SSSR count). The first-order valence-electron chi connectivity index (χ1n) is 4.60. The summed E-state index contributed by atoms with van der Waals surface area (Å²) in [7, 11) is 0. The first-order valence-corrected chi connectivity index (χ1v) is 5.39. The molecule has 0 aliphatic rings. The SMILES string of the molecule is Cc1nc(-c2ccc(F)cc2)[nH]c(=O)c1Br. The lowest BCUT2D eigenvalue weighted by atomic mass is 10.2. The zero-order chi connectivity index (χ0) is 11.7. The summed E-state index contributed by atoms with van der Waals surface area (Å²) in [5.74, 6) is 0.116. The second-order valence-electron chi connectivity index (χ2n) is 3.32. The quantitative estimate of drug-likeness (QED) is 0.874. The Labute approximate surface area is 99.5 Å². The van der Waals surface area contributed by atoms with Crippen LogP contribution in [0.3, 0.4) is 0 Å². The Morgan fingerprint density at radius 3 is 2.50 bits per heavy atom. The van der Waals surface area contributed by atoms with Crippen molar-refractivity contribution in [3.8, 4) is 11.4 Å². The molecule has 2 aromatic rings. The highest BCUT2D eigenvalue weighted by atomic mass is 79.9. The Morgan fingerprint density at radius 1 is 1.31 bits per heavy atom. The average molecular weight is 283 g/mol. The minimum absolute atomic E-state index is 0.244. The fraction of sp³-hybridized carbons (Fsp3) is 0.0909. The molecule has 1 N–H and O–H groups in total. The molecule has 0 amide bonds. The normalized spacial score (nSPS) is 10.4. The van der Waals surface area contributed by atoms with Crippen molar-refractivity contribution in [2.24, 2.45) is 0 Å². The predicted octanol–water partition coefficient (Wildman–Crippen LogP) is 2.65. The number of rotatable bonds is 1. The van der Waals surface area contributed by atoms with Crippen molar-refractivity contribution < 1.29 is 4.39 Å². The number of aryl methyl sites for hydroxylation is 1. The number of nitrogens with zero attached hydrogens (tertiary/aromatic N) is 1. The van der Waals surface area contributed by atoms with Crippen molar-refractivity contribution in [3.63, 3.8) is 0 Å². The van der Waals surface area contributed by atoms with Crippen molar-refractivity contribution in [1.29, 1.82) is 0 Å². The Balaban J connectivity index is 2.57. The zero-order valence-corrected chi connectivity index (χ0v) is 10.0. The van der Waals surface area contributed by atoms with Gasteiger partial charge in [-0.2, -0.15) is 0 Å². The first kappa shape index (κ1) is 11.0. The Morgan fingerprint density at radius 2 is 1.94 bits per heavy atom. The van der Waals surface area contributed by atoms with Gasteiger partial charge in [0.05, 0.1) is 5.69 Å².